The van der Waals surface area contributed by atoms with Crippen LogP contribution in [0.2, 0.25) is 0 Å². The standard InChI is InChI=1S/C12H20ClNO/c1-8(13)7-14(2)12(15)11-9-5-3-4-6-10(9)11/h8-11H,3-7H2,1-2H3. The van der Waals surface area contributed by atoms with E-state index in [2.05, 4.69) is 0 Å². The van der Waals surface area contributed by atoms with E-state index in [4.69, 9.17) is 11.6 Å². The van der Waals surface area contributed by atoms with Crippen LogP contribution in [0.3, 0.4) is 0 Å². The SMILES string of the molecule is CC(Cl)CN(C)C(=O)C1C2CCCCC21. The topological polar surface area (TPSA) is 20.3 Å². The first-order chi connectivity index (χ1) is 7.11. The molecule has 0 heterocycles. The van der Waals surface area contributed by atoms with E-state index < -0.39 is 0 Å². The van der Waals surface area contributed by atoms with Gasteiger partial charge in [0.05, 0.1) is 0 Å². The lowest BCUT2D eigenvalue weighted by molar-refractivity contribution is -0.131. The molecule has 2 rings (SSSR count). The van der Waals surface area contributed by atoms with Crippen molar-refractivity contribution in [3.8, 4) is 0 Å². The predicted molar refractivity (Wildman–Crippen MR) is 61.9 cm³/mol. The average molecular weight is 230 g/mol. The van der Waals surface area contributed by atoms with Crippen molar-refractivity contribution in [1.29, 1.82) is 0 Å². The van der Waals surface area contributed by atoms with E-state index >= 15 is 0 Å². The minimum Gasteiger partial charge on any atom is -0.344 e. The molecule has 0 spiro atoms. The molecule has 2 fully saturated rings. The van der Waals surface area contributed by atoms with Gasteiger partial charge < -0.3 is 4.90 Å². The number of rotatable bonds is 3. The normalized spacial score (nSPS) is 35.5. The molecule has 0 bridgehead atoms. The summed E-state index contributed by atoms with van der Waals surface area (Å²) in [5.41, 5.74) is 0. The van der Waals surface area contributed by atoms with Gasteiger partial charge in [-0.15, -0.1) is 11.6 Å². The lowest BCUT2D eigenvalue weighted by atomic mass is 10.0. The number of carbonyl (C=O) groups excluding carboxylic acids is 1. The summed E-state index contributed by atoms with van der Waals surface area (Å²) in [4.78, 5) is 13.9. The second kappa shape index (κ2) is 4.32. The molecule has 15 heavy (non-hydrogen) atoms. The van der Waals surface area contributed by atoms with Crippen molar-refractivity contribution in [2.75, 3.05) is 13.6 Å². The molecule has 0 radical (unpaired) electrons. The molecule has 2 aliphatic carbocycles. The Bertz CT molecular complexity index is 242. The molecule has 3 atom stereocenters. The van der Waals surface area contributed by atoms with Crippen molar-refractivity contribution in [2.24, 2.45) is 17.8 Å². The zero-order chi connectivity index (χ0) is 11.0. The molecule has 2 aliphatic rings. The van der Waals surface area contributed by atoms with Crippen molar-refractivity contribution in [1.82, 2.24) is 4.90 Å². The van der Waals surface area contributed by atoms with Gasteiger partial charge in [-0.1, -0.05) is 12.8 Å². The summed E-state index contributed by atoms with van der Waals surface area (Å²) in [6.07, 6.45) is 5.18. The fourth-order valence-electron chi connectivity index (χ4n) is 3.08. The second-order valence-electron chi connectivity index (χ2n) is 5.14. The van der Waals surface area contributed by atoms with E-state index in [1.165, 1.54) is 25.7 Å². The summed E-state index contributed by atoms with van der Waals surface area (Å²) in [7, 11) is 1.88. The molecule has 0 aromatic carbocycles. The molecule has 3 heteroatoms. The Balaban J connectivity index is 1.86. The van der Waals surface area contributed by atoms with Crippen LogP contribution in [0.25, 0.3) is 0 Å². The molecule has 2 saturated carbocycles. The molecule has 0 aromatic rings. The highest BCUT2D eigenvalue weighted by Crippen LogP contribution is 2.55. The zero-order valence-electron chi connectivity index (χ0n) is 9.58. The fraction of sp³-hybridized carbons (Fsp3) is 0.917. The summed E-state index contributed by atoms with van der Waals surface area (Å²) >= 11 is 5.90. The molecule has 3 unspecified atom stereocenters. The summed E-state index contributed by atoms with van der Waals surface area (Å²) < 4.78 is 0. The lowest BCUT2D eigenvalue weighted by Gasteiger charge is -2.18. The molecule has 2 nitrogen and oxygen atoms in total. The quantitative estimate of drug-likeness (QED) is 0.681. The third-order valence-corrected chi connectivity index (χ3v) is 3.98. The Morgan fingerprint density at radius 3 is 2.40 bits per heavy atom. The number of hydrogen-bond donors (Lipinski definition) is 0. The Hall–Kier alpha value is -0.240. The second-order valence-corrected chi connectivity index (χ2v) is 5.88. The monoisotopic (exact) mass is 229 g/mol. The van der Waals surface area contributed by atoms with Gasteiger partial charge in [-0.2, -0.15) is 0 Å². The summed E-state index contributed by atoms with van der Waals surface area (Å²) in [5.74, 6) is 2.09. The highest BCUT2D eigenvalue weighted by atomic mass is 35.5. The minimum absolute atomic E-state index is 0.0553. The first kappa shape index (κ1) is 11.3. The van der Waals surface area contributed by atoms with Crippen LogP contribution in [0.1, 0.15) is 32.6 Å². The maximum absolute atomic E-state index is 12.1. The van der Waals surface area contributed by atoms with Crippen LogP contribution in [0.15, 0.2) is 0 Å². The number of alkyl halides is 1. The smallest absolute Gasteiger partial charge is 0.226 e. The van der Waals surface area contributed by atoms with Crippen LogP contribution in [-0.4, -0.2) is 29.8 Å². The highest BCUT2D eigenvalue weighted by Gasteiger charge is 2.55. The maximum atomic E-state index is 12.1. The van der Waals surface area contributed by atoms with Crippen LogP contribution in [0.4, 0.5) is 0 Å². The number of nitrogens with zero attached hydrogens (tertiary/aromatic N) is 1. The Morgan fingerprint density at radius 1 is 1.40 bits per heavy atom. The Kier molecular flexibility index (Phi) is 3.24. The van der Waals surface area contributed by atoms with Crippen molar-refractivity contribution >= 4 is 17.5 Å². The van der Waals surface area contributed by atoms with Gasteiger partial charge in [-0.05, 0) is 31.6 Å². The number of amides is 1. The van der Waals surface area contributed by atoms with Crippen LogP contribution < -0.4 is 0 Å². The molecule has 86 valence electrons. The Labute approximate surface area is 97.0 Å². The molecule has 0 N–H and O–H groups in total. The van der Waals surface area contributed by atoms with Crippen molar-refractivity contribution in [3.63, 3.8) is 0 Å². The van der Waals surface area contributed by atoms with E-state index in [1.54, 1.807) is 0 Å². The van der Waals surface area contributed by atoms with Gasteiger partial charge >= 0.3 is 0 Å². The fourth-order valence-corrected chi connectivity index (χ4v) is 3.29. The molecule has 0 saturated heterocycles. The van der Waals surface area contributed by atoms with Crippen LogP contribution in [0.5, 0.6) is 0 Å². The number of hydrogen-bond acceptors (Lipinski definition) is 1. The van der Waals surface area contributed by atoms with E-state index in [0.717, 1.165) is 0 Å². The van der Waals surface area contributed by atoms with Gasteiger partial charge in [-0.3, -0.25) is 4.79 Å². The molecular formula is C12H20ClNO. The average Bonchev–Trinajstić information content (AvgIpc) is 2.89. The summed E-state index contributed by atoms with van der Waals surface area (Å²) in [6.45, 7) is 2.61. The summed E-state index contributed by atoms with van der Waals surface area (Å²) in [5, 5.41) is 0.0553. The van der Waals surface area contributed by atoms with Crippen molar-refractivity contribution < 1.29 is 4.79 Å². The molecule has 0 aliphatic heterocycles. The van der Waals surface area contributed by atoms with Gasteiger partial charge in [0.1, 0.15) is 0 Å². The first-order valence-electron chi connectivity index (χ1n) is 6.00. The minimum atomic E-state index is 0.0553. The van der Waals surface area contributed by atoms with Gasteiger partial charge in [0.2, 0.25) is 5.91 Å². The van der Waals surface area contributed by atoms with Gasteiger partial charge in [0.25, 0.3) is 0 Å². The number of carbonyl (C=O) groups is 1. The molecular weight excluding hydrogens is 210 g/mol. The van der Waals surface area contributed by atoms with Crippen LogP contribution >= 0.6 is 11.6 Å². The number of fused-ring (bicyclic) bond motifs is 1. The first-order valence-corrected chi connectivity index (χ1v) is 6.44. The Morgan fingerprint density at radius 2 is 1.93 bits per heavy atom. The zero-order valence-corrected chi connectivity index (χ0v) is 10.3. The third kappa shape index (κ3) is 2.30. The van der Waals surface area contributed by atoms with Crippen molar-refractivity contribution in [2.45, 2.75) is 38.0 Å². The van der Waals surface area contributed by atoms with Gasteiger partial charge in [0.15, 0.2) is 0 Å². The lowest BCUT2D eigenvalue weighted by Crippen LogP contribution is -2.33. The maximum Gasteiger partial charge on any atom is 0.226 e. The van der Waals surface area contributed by atoms with Crippen molar-refractivity contribution in [3.05, 3.63) is 0 Å². The van der Waals surface area contributed by atoms with E-state index in [9.17, 15) is 4.79 Å². The largest absolute Gasteiger partial charge is 0.344 e. The van der Waals surface area contributed by atoms with E-state index in [1.807, 2.05) is 18.9 Å². The van der Waals surface area contributed by atoms with Crippen LogP contribution in [-0.2, 0) is 4.79 Å². The predicted octanol–water partition coefficient (Wildman–Crippen LogP) is 2.51. The van der Waals surface area contributed by atoms with Gasteiger partial charge in [0, 0.05) is 24.9 Å². The van der Waals surface area contributed by atoms with E-state index in [0.29, 0.717) is 30.2 Å². The highest BCUT2D eigenvalue weighted by molar-refractivity contribution is 6.20. The third-order valence-electron chi connectivity index (χ3n) is 3.84. The van der Waals surface area contributed by atoms with Gasteiger partial charge in [-0.25, -0.2) is 0 Å². The summed E-state index contributed by atoms with van der Waals surface area (Å²) in [6, 6.07) is 0. The van der Waals surface area contributed by atoms with E-state index in [-0.39, 0.29) is 5.38 Å². The number of halogens is 1. The molecule has 1 amide bonds. The van der Waals surface area contributed by atoms with Crippen LogP contribution in [0, 0.1) is 17.8 Å². The molecule has 0 aromatic heterocycles.